The highest BCUT2D eigenvalue weighted by Gasteiger charge is 2.17. The van der Waals surface area contributed by atoms with Crippen LogP contribution in [0.3, 0.4) is 0 Å². The van der Waals surface area contributed by atoms with Gasteiger partial charge >= 0.3 is 0 Å². The third-order valence-corrected chi connectivity index (χ3v) is 4.21. The number of rotatable bonds is 7. The van der Waals surface area contributed by atoms with Crippen LogP contribution in [0.4, 0.5) is 11.6 Å². The summed E-state index contributed by atoms with van der Waals surface area (Å²) in [6.07, 6.45) is 6.11. The SMILES string of the molecule is CCc1nc(NC)cc(NCCCN2CCCCC2C)n1. The van der Waals surface area contributed by atoms with Crippen LogP contribution < -0.4 is 10.6 Å². The first kappa shape index (κ1) is 16.0. The van der Waals surface area contributed by atoms with Crippen LogP contribution in [0.2, 0.25) is 0 Å². The highest BCUT2D eigenvalue weighted by molar-refractivity contribution is 5.47. The molecule has 1 aromatic rings. The predicted molar refractivity (Wildman–Crippen MR) is 88.9 cm³/mol. The van der Waals surface area contributed by atoms with Gasteiger partial charge in [-0.15, -0.1) is 0 Å². The van der Waals surface area contributed by atoms with Gasteiger partial charge in [0.15, 0.2) is 0 Å². The lowest BCUT2D eigenvalue weighted by molar-refractivity contribution is 0.160. The molecular formula is C16H29N5. The molecule has 1 aliphatic rings. The van der Waals surface area contributed by atoms with Gasteiger partial charge in [-0.1, -0.05) is 13.3 Å². The Labute approximate surface area is 128 Å². The second-order valence-electron chi connectivity index (χ2n) is 5.82. The number of nitrogens with zero attached hydrogens (tertiary/aromatic N) is 3. The third-order valence-electron chi connectivity index (χ3n) is 4.21. The fourth-order valence-corrected chi connectivity index (χ4v) is 2.86. The van der Waals surface area contributed by atoms with Crippen molar-refractivity contribution in [2.75, 3.05) is 37.3 Å². The highest BCUT2D eigenvalue weighted by Crippen LogP contribution is 2.16. The Kier molecular flexibility index (Phi) is 6.23. The normalized spacial score (nSPS) is 19.5. The number of anilines is 2. The van der Waals surface area contributed by atoms with Gasteiger partial charge in [-0.05, 0) is 32.7 Å². The number of aromatic nitrogens is 2. The smallest absolute Gasteiger partial charge is 0.132 e. The molecule has 0 saturated carbocycles. The van der Waals surface area contributed by atoms with Crippen LogP contribution in [-0.2, 0) is 6.42 Å². The summed E-state index contributed by atoms with van der Waals surface area (Å²) in [6.45, 7) is 7.84. The van der Waals surface area contributed by atoms with Gasteiger partial charge < -0.3 is 15.5 Å². The molecule has 1 aliphatic heterocycles. The second-order valence-corrected chi connectivity index (χ2v) is 5.82. The van der Waals surface area contributed by atoms with Gasteiger partial charge in [-0.25, -0.2) is 9.97 Å². The molecule has 2 rings (SSSR count). The molecule has 2 heterocycles. The third kappa shape index (κ3) is 4.84. The summed E-state index contributed by atoms with van der Waals surface area (Å²) in [5, 5.41) is 6.52. The molecule has 118 valence electrons. The number of aryl methyl sites for hydroxylation is 1. The van der Waals surface area contributed by atoms with Crippen LogP contribution in [0.15, 0.2) is 6.07 Å². The average molecular weight is 291 g/mol. The lowest BCUT2D eigenvalue weighted by atomic mass is 10.0. The van der Waals surface area contributed by atoms with Crippen molar-refractivity contribution in [1.82, 2.24) is 14.9 Å². The molecule has 5 heteroatoms. The van der Waals surface area contributed by atoms with Crippen LogP contribution in [0.25, 0.3) is 0 Å². The molecule has 0 spiro atoms. The molecular weight excluding hydrogens is 262 g/mol. The number of likely N-dealkylation sites (tertiary alicyclic amines) is 1. The first-order valence-electron chi connectivity index (χ1n) is 8.26. The van der Waals surface area contributed by atoms with Gasteiger partial charge in [0.1, 0.15) is 17.5 Å². The number of hydrogen-bond acceptors (Lipinski definition) is 5. The van der Waals surface area contributed by atoms with E-state index in [2.05, 4.69) is 39.3 Å². The maximum absolute atomic E-state index is 4.52. The van der Waals surface area contributed by atoms with Crippen molar-refractivity contribution < 1.29 is 0 Å². The molecule has 2 N–H and O–H groups in total. The maximum Gasteiger partial charge on any atom is 0.132 e. The molecule has 1 atom stereocenters. The summed E-state index contributed by atoms with van der Waals surface area (Å²) in [5.41, 5.74) is 0. The van der Waals surface area contributed by atoms with Crippen LogP contribution in [-0.4, -0.2) is 47.6 Å². The Morgan fingerprint density at radius 1 is 1.29 bits per heavy atom. The number of hydrogen-bond donors (Lipinski definition) is 2. The zero-order valence-electron chi connectivity index (χ0n) is 13.7. The van der Waals surface area contributed by atoms with Crippen molar-refractivity contribution in [3.8, 4) is 0 Å². The second kappa shape index (κ2) is 8.17. The summed E-state index contributed by atoms with van der Waals surface area (Å²) < 4.78 is 0. The van der Waals surface area contributed by atoms with E-state index in [1.807, 2.05) is 13.1 Å². The Balaban J connectivity index is 1.77. The first-order chi connectivity index (χ1) is 10.2. The first-order valence-corrected chi connectivity index (χ1v) is 8.26. The molecule has 0 aliphatic carbocycles. The summed E-state index contributed by atoms with van der Waals surface area (Å²) in [7, 11) is 1.89. The van der Waals surface area contributed by atoms with E-state index in [1.165, 1.54) is 32.4 Å². The molecule has 1 fully saturated rings. The molecule has 0 bridgehead atoms. The molecule has 0 amide bonds. The quantitative estimate of drug-likeness (QED) is 0.757. The summed E-state index contributed by atoms with van der Waals surface area (Å²) in [4.78, 5) is 11.5. The maximum atomic E-state index is 4.52. The standard InChI is InChI=1S/C16H29N5/c1-4-14-19-15(17-3)12-16(20-14)18-9-7-11-21-10-6-5-8-13(21)2/h12-13H,4-11H2,1-3H3,(H2,17,18,19,20). The van der Waals surface area contributed by atoms with E-state index < -0.39 is 0 Å². The number of nitrogens with one attached hydrogen (secondary N) is 2. The van der Waals surface area contributed by atoms with Gasteiger partial charge in [-0.2, -0.15) is 0 Å². The van der Waals surface area contributed by atoms with Crippen molar-refractivity contribution >= 4 is 11.6 Å². The van der Waals surface area contributed by atoms with E-state index >= 15 is 0 Å². The highest BCUT2D eigenvalue weighted by atomic mass is 15.2. The predicted octanol–water partition coefficient (Wildman–Crippen LogP) is 2.76. The minimum atomic E-state index is 0.750. The fraction of sp³-hybridized carbons (Fsp3) is 0.750. The Morgan fingerprint density at radius 2 is 2.10 bits per heavy atom. The topological polar surface area (TPSA) is 53.1 Å². The Morgan fingerprint density at radius 3 is 2.81 bits per heavy atom. The van der Waals surface area contributed by atoms with E-state index in [4.69, 9.17) is 0 Å². The zero-order chi connectivity index (χ0) is 15.1. The van der Waals surface area contributed by atoms with E-state index in [0.29, 0.717) is 0 Å². The minimum Gasteiger partial charge on any atom is -0.373 e. The molecule has 1 aromatic heterocycles. The summed E-state index contributed by atoms with van der Waals surface area (Å²) in [6, 6.07) is 2.73. The van der Waals surface area contributed by atoms with Crippen molar-refractivity contribution in [3.05, 3.63) is 11.9 Å². The number of piperidine rings is 1. The van der Waals surface area contributed by atoms with Gasteiger partial charge in [0, 0.05) is 38.7 Å². The van der Waals surface area contributed by atoms with Gasteiger partial charge in [0.25, 0.3) is 0 Å². The van der Waals surface area contributed by atoms with Gasteiger partial charge in [0.2, 0.25) is 0 Å². The van der Waals surface area contributed by atoms with E-state index in [0.717, 1.165) is 42.9 Å². The van der Waals surface area contributed by atoms with Crippen LogP contribution in [0, 0.1) is 0 Å². The largest absolute Gasteiger partial charge is 0.373 e. The van der Waals surface area contributed by atoms with Crippen LogP contribution >= 0.6 is 0 Å². The lowest BCUT2D eigenvalue weighted by Crippen LogP contribution is -2.38. The van der Waals surface area contributed by atoms with Crippen molar-refractivity contribution in [1.29, 1.82) is 0 Å². The molecule has 21 heavy (non-hydrogen) atoms. The van der Waals surface area contributed by atoms with Crippen LogP contribution in [0.1, 0.15) is 45.4 Å². The Hall–Kier alpha value is -1.36. The Bertz CT molecular complexity index is 412. The molecule has 1 saturated heterocycles. The minimum absolute atomic E-state index is 0.750. The van der Waals surface area contributed by atoms with Crippen LogP contribution in [0.5, 0.6) is 0 Å². The molecule has 0 aromatic carbocycles. The molecule has 1 unspecified atom stereocenters. The van der Waals surface area contributed by atoms with Gasteiger partial charge in [0.05, 0.1) is 0 Å². The summed E-state index contributed by atoms with van der Waals surface area (Å²) in [5.74, 6) is 2.70. The van der Waals surface area contributed by atoms with Crippen molar-refractivity contribution in [3.63, 3.8) is 0 Å². The zero-order valence-corrected chi connectivity index (χ0v) is 13.7. The fourth-order valence-electron chi connectivity index (χ4n) is 2.86. The van der Waals surface area contributed by atoms with E-state index in [-0.39, 0.29) is 0 Å². The van der Waals surface area contributed by atoms with E-state index in [1.54, 1.807) is 0 Å². The summed E-state index contributed by atoms with van der Waals surface area (Å²) >= 11 is 0. The monoisotopic (exact) mass is 291 g/mol. The van der Waals surface area contributed by atoms with E-state index in [9.17, 15) is 0 Å². The van der Waals surface area contributed by atoms with Crippen molar-refractivity contribution in [2.45, 2.75) is 52.0 Å². The molecule has 5 nitrogen and oxygen atoms in total. The average Bonchev–Trinajstić information content (AvgIpc) is 2.52. The lowest BCUT2D eigenvalue weighted by Gasteiger charge is -2.33. The molecule has 0 radical (unpaired) electrons. The van der Waals surface area contributed by atoms with Crippen molar-refractivity contribution in [2.24, 2.45) is 0 Å². The van der Waals surface area contributed by atoms with Gasteiger partial charge in [-0.3, -0.25) is 0 Å².